The molecule has 4 nitrogen and oxygen atoms in total. The monoisotopic (exact) mass is 285 g/mol. The third-order valence-electron chi connectivity index (χ3n) is 4.43. The minimum Gasteiger partial charge on any atom is -0.292 e. The van der Waals surface area contributed by atoms with Gasteiger partial charge < -0.3 is 0 Å². The van der Waals surface area contributed by atoms with Crippen LogP contribution >= 0.6 is 0 Å². The van der Waals surface area contributed by atoms with Crippen molar-refractivity contribution in [3.05, 3.63) is 35.9 Å². The molecular weight excluding hydrogens is 262 g/mol. The van der Waals surface area contributed by atoms with Crippen LogP contribution in [0.25, 0.3) is 0 Å². The van der Waals surface area contributed by atoms with Crippen LogP contribution in [0.2, 0.25) is 0 Å². The Labute approximate surface area is 127 Å². The van der Waals surface area contributed by atoms with E-state index in [0.29, 0.717) is 0 Å². The van der Waals surface area contributed by atoms with Crippen molar-refractivity contribution < 1.29 is 4.79 Å². The number of benzene rings is 1. The first-order valence-corrected chi connectivity index (χ1v) is 7.45. The highest BCUT2D eigenvalue weighted by molar-refractivity contribution is 6.02. The molecule has 0 aromatic heterocycles. The maximum atomic E-state index is 12.7. The molecule has 1 saturated heterocycles. The van der Waals surface area contributed by atoms with Crippen LogP contribution in [0, 0.1) is 11.3 Å². The number of carbonyl (C=O) groups excluding carboxylic acids is 1. The van der Waals surface area contributed by atoms with Crippen molar-refractivity contribution in [3.8, 4) is 6.07 Å². The molecule has 1 unspecified atom stereocenters. The molecular formula is C17H23N3O. The molecule has 0 saturated carbocycles. The predicted octanol–water partition coefficient (Wildman–Crippen LogP) is 2.18. The van der Waals surface area contributed by atoms with Gasteiger partial charge >= 0.3 is 0 Å². The molecule has 1 fully saturated rings. The molecule has 0 aliphatic carbocycles. The number of nitriles is 1. The van der Waals surface area contributed by atoms with Crippen molar-refractivity contribution in [1.29, 1.82) is 5.26 Å². The van der Waals surface area contributed by atoms with Gasteiger partial charge in [-0.3, -0.25) is 14.6 Å². The van der Waals surface area contributed by atoms with E-state index >= 15 is 0 Å². The number of nitrogens with zero attached hydrogens (tertiary/aromatic N) is 3. The molecule has 1 aliphatic rings. The second-order valence-corrected chi connectivity index (χ2v) is 6.08. The van der Waals surface area contributed by atoms with Crippen molar-refractivity contribution in [3.63, 3.8) is 0 Å². The summed E-state index contributed by atoms with van der Waals surface area (Å²) in [6.45, 7) is 9.21. The lowest BCUT2D eigenvalue weighted by molar-refractivity contribution is 0.0379. The smallest absolute Gasteiger partial charge is 0.182 e. The van der Waals surface area contributed by atoms with Crippen LogP contribution in [0.3, 0.4) is 0 Å². The van der Waals surface area contributed by atoms with E-state index in [1.54, 1.807) is 0 Å². The zero-order valence-corrected chi connectivity index (χ0v) is 13.0. The highest BCUT2D eigenvalue weighted by atomic mass is 16.1. The van der Waals surface area contributed by atoms with Crippen molar-refractivity contribution >= 4 is 5.78 Å². The number of ketones is 1. The Hall–Kier alpha value is -1.70. The van der Waals surface area contributed by atoms with Crippen LogP contribution in [0.15, 0.2) is 30.3 Å². The van der Waals surface area contributed by atoms with Gasteiger partial charge in [-0.25, -0.2) is 0 Å². The third-order valence-corrected chi connectivity index (χ3v) is 4.43. The molecule has 0 bridgehead atoms. The normalized spacial score (nSPS) is 19.0. The van der Waals surface area contributed by atoms with Crippen LogP contribution in [0.1, 0.15) is 31.1 Å². The van der Waals surface area contributed by atoms with Crippen molar-refractivity contribution in [2.45, 2.75) is 32.4 Å². The number of piperazine rings is 1. The van der Waals surface area contributed by atoms with Crippen molar-refractivity contribution in [1.82, 2.24) is 9.80 Å². The van der Waals surface area contributed by atoms with Crippen LogP contribution in [0.4, 0.5) is 0 Å². The molecule has 1 aromatic rings. The molecule has 1 aromatic carbocycles. The maximum Gasteiger partial charge on any atom is 0.182 e. The summed E-state index contributed by atoms with van der Waals surface area (Å²) >= 11 is 0. The Balaban J connectivity index is 2.05. The van der Waals surface area contributed by atoms with Gasteiger partial charge in [0, 0.05) is 31.7 Å². The molecule has 112 valence electrons. The van der Waals surface area contributed by atoms with E-state index in [0.717, 1.165) is 31.7 Å². The summed E-state index contributed by atoms with van der Waals surface area (Å²) in [7, 11) is 0. The van der Waals surface area contributed by atoms with E-state index in [4.69, 9.17) is 5.26 Å². The average molecular weight is 285 g/mol. The fraction of sp³-hybridized carbons (Fsp3) is 0.529. The Bertz CT molecular complexity index is 525. The Morgan fingerprint density at radius 1 is 1.19 bits per heavy atom. The average Bonchev–Trinajstić information content (AvgIpc) is 2.54. The second kappa shape index (κ2) is 6.38. The molecule has 21 heavy (non-hydrogen) atoms. The Kier molecular flexibility index (Phi) is 4.76. The lowest BCUT2D eigenvalue weighted by atomic mass is 9.90. The highest BCUT2D eigenvalue weighted by Crippen LogP contribution is 2.22. The highest BCUT2D eigenvalue weighted by Gasteiger charge is 2.37. The minimum atomic E-state index is -0.511. The number of hydrogen-bond donors (Lipinski definition) is 0. The number of rotatable bonds is 4. The summed E-state index contributed by atoms with van der Waals surface area (Å²) in [5.74, 6) is 0.157. The number of hydrogen-bond acceptors (Lipinski definition) is 4. The largest absolute Gasteiger partial charge is 0.292 e. The summed E-state index contributed by atoms with van der Waals surface area (Å²) in [5.41, 5.74) is 0.249. The molecule has 0 radical (unpaired) electrons. The summed E-state index contributed by atoms with van der Waals surface area (Å²) in [6.07, 6.45) is 0. The molecule has 1 heterocycles. The second-order valence-electron chi connectivity index (χ2n) is 6.08. The standard InChI is InChI=1S/C17H23N3O/c1-14(13-18)19-9-11-20(12-10-19)17(2,3)16(21)15-7-5-4-6-8-15/h4-8,14H,9-12H2,1-3H3. The molecule has 2 rings (SSSR count). The van der Waals surface area contributed by atoms with Gasteiger partial charge in [-0.1, -0.05) is 30.3 Å². The van der Waals surface area contributed by atoms with Gasteiger partial charge in [0.2, 0.25) is 0 Å². The lowest BCUT2D eigenvalue weighted by Gasteiger charge is -2.43. The maximum absolute atomic E-state index is 12.7. The minimum absolute atomic E-state index is 0.0555. The summed E-state index contributed by atoms with van der Waals surface area (Å²) in [5, 5.41) is 8.99. The van der Waals surface area contributed by atoms with E-state index in [1.807, 2.05) is 51.1 Å². The molecule has 4 heteroatoms. The molecule has 0 amide bonds. The van der Waals surface area contributed by atoms with Gasteiger partial charge in [0.1, 0.15) is 0 Å². The van der Waals surface area contributed by atoms with E-state index in [1.165, 1.54) is 0 Å². The van der Waals surface area contributed by atoms with Crippen molar-refractivity contribution in [2.75, 3.05) is 26.2 Å². The predicted molar refractivity (Wildman–Crippen MR) is 83.1 cm³/mol. The molecule has 1 atom stereocenters. The van der Waals surface area contributed by atoms with Gasteiger partial charge in [-0.2, -0.15) is 5.26 Å². The van der Waals surface area contributed by atoms with Crippen LogP contribution in [-0.4, -0.2) is 53.3 Å². The summed E-state index contributed by atoms with van der Waals surface area (Å²) in [4.78, 5) is 17.1. The van der Waals surface area contributed by atoms with Gasteiger partial charge in [-0.15, -0.1) is 0 Å². The van der Waals surface area contributed by atoms with Gasteiger partial charge in [0.05, 0.1) is 17.6 Å². The Morgan fingerprint density at radius 3 is 2.29 bits per heavy atom. The van der Waals surface area contributed by atoms with E-state index in [2.05, 4.69) is 15.9 Å². The van der Waals surface area contributed by atoms with Gasteiger partial charge in [-0.05, 0) is 20.8 Å². The van der Waals surface area contributed by atoms with Crippen molar-refractivity contribution in [2.24, 2.45) is 0 Å². The summed E-state index contributed by atoms with van der Waals surface area (Å²) < 4.78 is 0. The van der Waals surface area contributed by atoms with Gasteiger partial charge in [0.25, 0.3) is 0 Å². The zero-order chi connectivity index (χ0) is 15.5. The molecule has 1 aliphatic heterocycles. The van der Waals surface area contributed by atoms with Crippen LogP contribution in [0.5, 0.6) is 0 Å². The number of carbonyl (C=O) groups is 1. The van der Waals surface area contributed by atoms with Crippen LogP contribution in [-0.2, 0) is 0 Å². The summed E-state index contributed by atoms with van der Waals surface area (Å²) in [6, 6.07) is 11.7. The third kappa shape index (κ3) is 3.31. The fourth-order valence-corrected chi connectivity index (χ4v) is 2.84. The molecule has 0 spiro atoms. The number of Topliss-reactive ketones (excluding diaryl/α,β-unsaturated/α-hetero) is 1. The quantitative estimate of drug-likeness (QED) is 0.796. The molecule has 0 N–H and O–H groups in total. The van der Waals surface area contributed by atoms with E-state index in [9.17, 15) is 4.79 Å². The first kappa shape index (κ1) is 15.7. The first-order valence-electron chi connectivity index (χ1n) is 7.45. The van der Waals surface area contributed by atoms with E-state index in [-0.39, 0.29) is 11.8 Å². The SMILES string of the molecule is CC(C#N)N1CCN(C(C)(C)C(=O)c2ccccc2)CC1. The van der Waals surface area contributed by atoms with Crippen LogP contribution < -0.4 is 0 Å². The Morgan fingerprint density at radius 2 is 1.76 bits per heavy atom. The van der Waals surface area contributed by atoms with Gasteiger partial charge in [0.15, 0.2) is 5.78 Å². The lowest BCUT2D eigenvalue weighted by Crippen LogP contribution is -2.58. The topological polar surface area (TPSA) is 47.3 Å². The van der Waals surface area contributed by atoms with E-state index < -0.39 is 5.54 Å². The fourth-order valence-electron chi connectivity index (χ4n) is 2.84. The first-order chi connectivity index (χ1) is 9.96. The zero-order valence-electron chi connectivity index (χ0n) is 13.0.